The Morgan fingerprint density at radius 3 is 2.67 bits per heavy atom. The molecule has 94 valence electrons. The van der Waals surface area contributed by atoms with Gasteiger partial charge in [-0.15, -0.1) is 0 Å². The molecule has 2 aromatic rings. The lowest BCUT2D eigenvalue weighted by Gasteiger charge is -2.08. The lowest BCUT2D eigenvalue weighted by molar-refractivity contribution is 0.177. The van der Waals surface area contributed by atoms with Crippen LogP contribution in [-0.4, -0.2) is 23.0 Å². The summed E-state index contributed by atoms with van der Waals surface area (Å²) in [5.41, 5.74) is 3.20. The first-order valence-electron chi connectivity index (χ1n) is 6.17. The average Bonchev–Trinajstić information content (AvgIpc) is 2.82. The van der Waals surface area contributed by atoms with Gasteiger partial charge in [-0.05, 0) is 31.6 Å². The van der Waals surface area contributed by atoms with Gasteiger partial charge in [0.2, 0.25) is 0 Å². The van der Waals surface area contributed by atoms with E-state index in [9.17, 15) is 0 Å². The standard InChI is InChI=1S/C15H18N2O/c1-3-18-12-10-15(14-7-5-4-6-8-14)17-11-9-13(2)16-17/h4-11H,3,12H2,1-2H3/b15-10-. The number of nitrogens with zero attached hydrogens (tertiary/aromatic N) is 2. The first-order chi connectivity index (χ1) is 8.81. The van der Waals surface area contributed by atoms with Crippen LogP contribution in [0.5, 0.6) is 0 Å². The molecule has 1 aromatic heterocycles. The molecule has 18 heavy (non-hydrogen) atoms. The highest BCUT2D eigenvalue weighted by Gasteiger charge is 2.04. The minimum Gasteiger partial charge on any atom is -0.378 e. The van der Waals surface area contributed by atoms with Gasteiger partial charge in [0, 0.05) is 12.8 Å². The molecule has 0 unspecified atom stereocenters. The van der Waals surface area contributed by atoms with Gasteiger partial charge in [-0.3, -0.25) is 0 Å². The fourth-order valence-electron chi connectivity index (χ4n) is 1.76. The molecule has 2 rings (SSSR count). The molecule has 1 aromatic carbocycles. The molecule has 0 atom stereocenters. The highest BCUT2D eigenvalue weighted by Crippen LogP contribution is 2.16. The van der Waals surface area contributed by atoms with Crippen LogP contribution in [0.3, 0.4) is 0 Å². The quantitative estimate of drug-likeness (QED) is 0.753. The second-order valence-corrected chi connectivity index (χ2v) is 4.02. The van der Waals surface area contributed by atoms with E-state index < -0.39 is 0 Å². The monoisotopic (exact) mass is 242 g/mol. The van der Waals surface area contributed by atoms with Crippen LogP contribution in [0, 0.1) is 6.92 Å². The number of hydrogen-bond acceptors (Lipinski definition) is 2. The number of hydrogen-bond donors (Lipinski definition) is 0. The van der Waals surface area contributed by atoms with Crippen molar-refractivity contribution in [3.63, 3.8) is 0 Å². The highest BCUT2D eigenvalue weighted by atomic mass is 16.5. The highest BCUT2D eigenvalue weighted by molar-refractivity contribution is 5.65. The maximum atomic E-state index is 5.40. The molecule has 0 aliphatic rings. The van der Waals surface area contributed by atoms with Gasteiger partial charge in [-0.2, -0.15) is 5.10 Å². The van der Waals surface area contributed by atoms with E-state index in [-0.39, 0.29) is 0 Å². The minimum atomic E-state index is 0.597. The van der Waals surface area contributed by atoms with Gasteiger partial charge in [0.1, 0.15) is 0 Å². The summed E-state index contributed by atoms with van der Waals surface area (Å²) in [7, 11) is 0. The van der Waals surface area contributed by atoms with Crippen molar-refractivity contribution in [2.24, 2.45) is 0 Å². The first kappa shape index (κ1) is 12.6. The second-order valence-electron chi connectivity index (χ2n) is 4.02. The van der Waals surface area contributed by atoms with Crippen LogP contribution in [0.4, 0.5) is 0 Å². The molecular formula is C15H18N2O. The number of rotatable bonds is 5. The van der Waals surface area contributed by atoms with Crippen molar-refractivity contribution < 1.29 is 4.74 Å². The van der Waals surface area contributed by atoms with Gasteiger partial charge in [0.25, 0.3) is 0 Å². The van der Waals surface area contributed by atoms with Crippen LogP contribution < -0.4 is 0 Å². The topological polar surface area (TPSA) is 27.1 Å². The van der Waals surface area contributed by atoms with Gasteiger partial charge in [-0.25, -0.2) is 4.68 Å². The van der Waals surface area contributed by atoms with Crippen molar-refractivity contribution in [1.29, 1.82) is 0 Å². The lowest BCUT2D eigenvalue weighted by Crippen LogP contribution is -2.02. The molecular weight excluding hydrogens is 224 g/mol. The molecule has 0 radical (unpaired) electrons. The van der Waals surface area contributed by atoms with E-state index in [2.05, 4.69) is 23.3 Å². The van der Waals surface area contributed by atoms with Crippen LogP contribution in [0.15, 0.2) is 48.7 Å². The number of ether oxygens (including phenoxy) is 1. The third-order valence-electron chi connectivity index (χ3n) is 2.64. The van der Waals surface area contributed by atoms with Crippen molar-refractivity contribution in [3.8, 4) is 0 Å². The third-order valence-corrected chi connectivity index (χ3v) is 2.64. The van der Waals surface area contributed by atoms with Gasteiger partial charge in [0.05, 0.1) is 18.0 Å². The van der Waals surface area contributed by atoms with Gasteiger partial charge >= 0.3 is 0 Å². The smallest absolute Gasteiger partial charge is 0.0700 e. The first-order valence-corrected chi connectivity index (χ1v) is 6.17. The number of aryl methyl sites for hydroxylation is 1. The average molecular weight is 242 g/mol. The number of benzene rings is 1. The molecule has 0 bridgehead atoms. The summed E-state index contributed by atoms with van der Waals surface area (Å²) in [6.07, 6.45) is 4.03. The second kappa shape index (κ2) is 6.17. The molecule has 3 nitrogen and oxygen atoms in total. The molecule has 0 spiro atoms. The van der Waals surface area contributed by atoms with E-state index in [1.807, 2.05) is 49.0 Å². The summed E-state index contributed by atoms with van der Waals surface area (Å²) in [4.78, 5) is 0. The lowest BCUT2D eigenvalue weighted by atomic mass is 10.1. The molecule has 3 heteroatoms. The Bertz CT molecular complexity index is 514. The van der Waals surface area contributed by atoms with Crippen molar-refractivity contribution in [1.82, 2.24) is 9.78 Å². The maximum absolute atomic E-state index is 5.40. The Morgan fingerprint density at radius 2 is 2.06 bits per heavy atom. The summed E-state index contributed by atoms with van der Waals surface area (Å²) in [5, 5.41) is 4.46. The Morgan fingerprint density at radius 1 is 1.28 bits per heavy atom. The van der Waals surface area contributed by atoms with E-state index in [4.69, 9.17) is 4.74 Å². The molecule has 1 heterocycles. The molecule has 0 saturated carbocycles. The normalized spacial score (nSPS) is 11.8. The molecule has 0 N–H and O–H groups in total. The van der Waals surface area contributed by atoms with Crippen molar-refractivity contribution in [2.75, 3.05) is 13.2 Å². The molecule has 0 amide bonds. The predicted octanol–water partition coefficient (Wildman–Crippen LogP) is 3.12. The Labute approximate surface area is 108 Å². The van der Waals surface area contributed by atoms with E-state index >= 15 is 0 Å². The van der Waals surface area contributed by atoms with Gasteiger partial charge in [0.15, 0.2) is 0 Å². The third kappa shape index (κ3) is 3.08. The number of aromatic nitrogens is 2. The van der Waals surface area contributed by atoms with Crippen LogP contribution in [0.2, 0.25) is 0 Å². The Balaban J connectivity index is 2.32. The summed E-state index contributed by atoms with van der Waals surface area (Å²) < 4.78 is 7.29. The van der Waals surface area contributed by atoms with E-state index in [1.54, 1.807) is 0 Å². The maximum Gasteiger partial charge on any atom is 0.0700 e. The van der Waals surface area contributed by atoms with Crippen LogP contribution >= 0.6 is 0 Å². The van der Waals surface area contributed by atoms with E-state index in [1.165, 1.54) is 0 Å². The van der Waals surface area contributed by atoms with Crippen LogP contribution in [0.1, 0.15) is 18.2 Å². The van der Waals surface area contributed by atoms with Crippen LogP contribution in [-0.2, 0) is 4.74 Å². The van der Waals surface area contributed by atoms with Crippen molar-refractivity contribution in [3.05, 3.63) is 59.9 Å². The van der Waals surface area contributed by atoms with Gasteiger partial charge < -0.3 is 4.74 Å². The minimum absolute atomic E-state index is 0.597. The molecule has 0 aliphatic heterocycles. The van der Waals surface area contributed by atoms with E-state index in [0.29, 0.717) is 6.61 Å². The Hall–Kier alpha value is -1.87. The van der Waals surface area contributed by atoms with Crippen LogP contribution in [0.25, 0.3) is 5.70 Å². The zero-order valence-electron chi connectivity index (χ0n) is 10.8. The Kier molecular flexibility index (Phi) is 4.31. The SMILES string of the molecule is CCOC/C=C(/c1ccccc1)n1ccc(C)n1. The molecule has 0 aliphatic carbocycles. The zero-order valence-corrected chi connectivity index (χ0v) is 10.8. The summed E-state index contributed by atoms with van der Waals surface area (Å²) in [6, 6.07) is 12.2. The van der Waals surface area contributed by atoms with E-state index in [0.717, 1.165) is 23.6 Å². The zero-order chi connectivity index (χ0) is 12.8. The molecule has 0 fully saturated rings. The summed E-state index contributed by atoms with van der Waals surface area (Å²) in [5.74, 6) is 0. The summed E-state index contributed by atoms with van der Waals surface area (Å²) >= 11 is 0. The largest absolute Gasteiger partial charge is 0.378 e. The van der Waals surface area contributed by atoms with Crippen molar-refractivity contribution in [2.45, 2.75) is 13.8 Å². The fourth-order valence-corrected chi connectivity index (χ4v) is 1.76. The van der Waals surface area contributed by atoms with Gasteiger partial charge in [-0.1, -0.05) is 30.3 Å². The summed E-state index contributed by atoms with van der Waals surface area (Å²) in [6.45, 7) is 5.30. The molecule has 0 saturated heterocycles. The predicted molar refractivity (Wildman–Crippen MR) is 73.3 cm³/mol. The van der Waals surface area contributed by atoms with Crippen molar-refractivity contribution >= 4 is 5.70 Å². The fraction of sp³-hybridized carbons (Fsp3) is 0.267.